The molecule has 0 bridgehead atoms. The largest absolute Gasteiger partial charge is 0.397 e. The Kier molecular flexibility index (Phi) is 7.73. The Bertz CT molecular complexity index is 1140. The van der Waals surface area contributed by atoms with Crippen molar-refractivity contribution >= 4 is 10.4 Å². The molecular formula is C30H48O7S. The van der Waals surface area contributed by atoms with Gasteiger partial charge in [0.2, 0.25) is 0 Å². The summed E-state index contributed by atoms with van der Waals surface area (Å²) in [6, 6.07) is 0. The SMILES string of the molecule is C=C(CC[C@@H](C)[C@H]1CC=C2C3=C([C@@H](O)[C@H](O)[C@@]21C)[C@@]1(C)C[C@@H](O)[C@H](OS(=O)(=O)O)C(C)(C)C1CC3)C(C)C. The van der Waals surface area contributed by atoms with Crippen LogP contribution in [0, 0.1) is 39.9 Å². The molecule has 4 aliphatic carbocycles. The fraction of sp³-hybridized carbons (Fsp3) is 0.800. The van der Waals surface area contributed by atoms with E-state index in [1.165, 1.54) is 5.57 Å². The lowest BCUT2D eigenvalue weighted by Gasteiger charge is -2.62. The van der Waals surface area contributed by atoms with Gasteiger partial charge in [-0.15, -0.1) is 0 Å². The van der Waals surface area contributed by atoms with E-state index in [-0.39, 0.29) is 18.3 Å². The smallest absolute Gasteiger partial charge is 0.390 e. The summed E-state index contributed by atoms with van der Waals surface area (Å²) in [5.74, 6) is 0.851. The van der Waals surface area contributed by atoms with Crippen LogP contribution < -0.4 is 0 Å². The van der Waals surface area contributed by atoms with Gasteiger partial charge in [-0.3, -0.25) is 4.55 Å². The van der Waals surface area contributed by atoms with E-state index in [0.29, 0.717) is 18.3 Å². The fourth-order valence-electron chi connectivity index (χ4n) is 9.02. The lowest BCUT2D eigenvalue weighted by Crippen LogP contribution is -2.63. The Morgan fingerprint density at radius 2 is 1.79 bits per heavy atom. The third kappa shape index (κ3) is 4.57. The number of hydrogen-bond donors (Lipinski definition) is 4. The number of fused-ring (bicyclic) bond motifs is 4. The summed E-state index contributed by atoms with van der Waals surface area (Å²) in [5, 5.41) is 34.7. The second-order valence-electron chi connectivity index (χ2n) is 13.9. The van der Waals surface area contributed by atoms with Crippen LogP contribution in [0.3, 0.4) is 0 Å². The zero-order chi connectivity index (χ0) is 28.6. The number of rotatable bonds is 7. The van der Waals surface area contributed by atoms with Crippen LogP contribution in [0.25, 0.3) is 0 Å². The first kappa shape index (κ1) is 29.9. The minimum Gasteiger partial charge on any atom is -0.390 e. The van der Waals surface area contributed by atoms with Gasteiger partial charge in [-0.1, -0.05) is 66.7 Å². The third-order valence-corrected chi connectivity index (χ3v) is 11.6. The molecule has 9 atom stereocenters. The first-order valence-corrected chi connectivity index (χ1v) is 15.6. The molecule has 7 nitrogen and oxygen atoms in total. The minimum atomic E-state index is -4.75. The molecule has 216 valence electrons. The Labute approximate surface area is 229 Å². The standard InChI is InChI=1S/C30H48O7S/c1-16(2)17(3)9-10-18(4)20-12-13-21-19-11-14-23-28(5,6)27(37-38(34,35)36)22(31)15-29(23,7)24(19)25(32)26(33)30(20,21)8/h13,16,18,20,22-23,25-27,31-33H,3,9-12,14-15H2,1-2,4-8H3,(H,34,35,36)/t18-,20-,22-,23?,25-,26+,27+,29+,30-/m1/s1. The van der Waals surface area contributed by atoms with Gasteiger partial charge in [0.15, 0.2) is 0 Å². The van der Waals surface area contributed by atoms with Crippen LogP contribution in [0.2, 0.25) is 0 Å². The van der Waals surface area contributed by atoms with Gasteiger partial charge in [0.05, 0.1) is 12.2 Å². The number of aliphatic hydroxyl groups excluding tert-OH is 3. The zero-order valence-corrected chi connectivity index (χ0v) is 24.9. The average Bonchev–Trinajstić information content (AvgIpc) is 3.15. The highest BCUT2D eigenvalue weighted by atomic mass is 32.3. The molecule has 0 saturated heterocycles. The molecule has 38 heavy (non-hydrogen) atoms. The van der Waals surface area contributed by atoms with Gasteiger partial charge in [-0.2, -0.15) is 8.42 Å². The quantitative estimate of drug-likeness (QED) is 0.259. The molecule has 0 spiro atoms. The summed E-state index contributed by atoms with van der Waals surface area (Å²) in [5.41, 5.74) is 2.20. The van der Waals surface area contributed by atoms with E-state index < -0.39 is 51.1 Å². The van der Waals surface area contributed by atoms with E-state index in [2.05, 4.69) is 40.3 Å². The molecule has 0 aromatic rings. The molecule has 1 unspecified atom stereocenters. The maximum atomic E-state index is 11.8. The Morgan fingerprint density at radius 1 is 1.16 bits per heavy atom. The normalized spacial score (nSPS) is 41.3. The predicted octanol–water partition coefficient (Wildman–Crippen LogP) is 4.99. The molecule has 0 aromatic heterocycles. The molecule has 4 rings (SSSR count). The van der Waals surface area contributed by atoms with Crippen molar-refractivity contribution in [1.29, 1.82) is 0 Å². The van der Waals surface area contributed by atoms with Crippen LogP contribution in [0.5, 0.6) is 0 Å². The molecule has 4 N–H and O–H groups in total. The van der Waals surface area contributed by atoms with E-state index in [1.54, 1.807) is 0 Å². The van der Waals surface area contributed by atoms with Crippen LogP contribution in [0.4, 0.5) is 0 Å². The molecule has 0 amide bonds. The molecular weight excluding hydrogens is 504 g/mol. The van der Waals surface area contributed by atoms with Crippen molar-refractivity contribution in [1.82, 2.24) is 0 Å². The van der Waals surface area contributed by atoms with Gasteiger partial charge in [0.25, 0.3) is 0 Å². The average molecular weight is 553 g/mol. The summed E-state index contributed by atoms with van der Waals surface area (Å²) < 4.78 is 37.6. The molecule has 0 aromatic carbocycles. The molecule has 0 aliphatic heterocycles. The monoisotopic (exact) mass is 552 g/mol. The van der Waals surface area contributed by atoms with Crippen molar-refractivity contribution in [2.24, 2.45) is 39.9 Å². The summed E-state index contributed by atoms with van der Waals surface area (Å²) in [6.45, 7) is 18.6. The fourth-order valence-corrected chi connectivity index (χ4v) is 9.66. The van der Waals surface area contributed by atoms with Crippen molar-refractivity contribution in [3.8, 4) is 0 Å². The van der Waals surface area contributed by atoms with Crippen LogP contribution in [0.15, 0.2) is 34.9 Å². The molecule has 1 fully saturated rings. The van der Waals surface area contributed by atoms with E-state index in [4.69, 9.17) is 4.18 Å². The highest BCUT2D eigenvalue weighted by Gasteiger charge is 2.64. The van der Waals surface area contributed by atoms with Gasteiger partial charge in [0, 0.05) is 5.41 Å². The highest BCUT2D eigenvalue weighted by Crippen LogP contribution is 2.67. The maximum absolute atomic E-state index is 11.8. The van der Waals surface area contributed by atoms with Gasteiger partial charge < -0.3 is 15.3 Å². The number of allylic oxidation sites excluding steroid dienone is 3. The first-order chi connectivity index (χ1) is 17.4. The van der Waals surface area contributed by atoms with E-state index in [9.17, 15) is 28.3 Å². The summed E-state index contributed by atoms with van der Waals surface area (Å²) >= 11 is 0. The minimum absolute atomic E-state index is 0.131. The van der Waals surface area contributed by atoms with E-state index in [1.807, 2.05) is 20.8 Å². The second-order valence-corrected chi connectivity index (χ2v) is 14.9. The third-order valence-electron chi connectivity index (χ3n) is 11.1. The predicted molar refractivity (Wildman–Crippen MR) is 147 cm³/mol. The summed E-state index contributed by atoms with van der Waals surface area (Å²) in [4.78, 5) is 0. The molecule has 1 saturated carbocycles. The van der Waals surface area contributed by atoms with Crippen molar-refractivity contribution in [2.45, 2.75) is 111 Å². The summed E-state index contributed by atoms with van der Waals surface area (Å²) in [6.07, 6.45) is 2.30. The molecule has 0 radical (unpaired) electrons. The lowest BCUT2D eigenvalue weighted by atomic mass is 9.45. The van der Waals surface area contributed by atoms with Crippen molar-refractivity contribution in [2.75, 3.05) is 0 Å². The first-order valence-electron chi connectivity index (χ1n) is 14.2. The Hall–Kier alpha value is -1.03. The number of aliphatic hydroxyl groups is 3. The van der Waals surface area contributed by atoms with Gasteiger partial charge >= 0.3 is 10.4 Å². The highest BCUT2D eigenvalue weighted by molar-refractivity contribution is 7.80. The van der Waals surface area contributed by atoms with E-state index in [0.717, 1.165) is 42.4 Å². The van der Waals surface area contributed by atoms with Gasteiger partial charge in [-0.25, -0.2) is 4.18 Å². The van der Waals surface area contributed by atoms with Crippen LogP contribution in [-0.2, 0) is 14.6 Å². The molecule has 8 heteroatoms. The van der Waals surface area contributed by atoms with Crippen LogP contribution >= 0.6 is 0 Å². The Balaban J connectivity index is 1.70. The lowest BCUT2D eigenvalue weighted by molar-refractivity contribution is -0.155. The Morgan fingerprint density at radius 3 is 2.37 bits per heavy atom. The van der Waals surface area contributed by atoms with Crippen LogP contribution in [-0.4, -0.2) is 52.7 Å². The summed E-state index contributed by atoms with van der Waals surface area (Å²) in [7, 11) is -4.75. The van der Waals surface area contributed by atoms with Crippen LogP contribution in [0.1, 0.15) is 87.0 Å². The number of hydrogen-bond acceptors (Lipinski definition) is 6. The van der Waals surface area contributed by atoms with Crippen molar-refractivity contribution < 1.29 is 32.5 Å². The molecule has 0 heterocycles. The van der Waals surface area contributed by atoms with Gasteiger partial charge in [-0.05, 0) is 89.7 Å². The second kappa shape index (κ2) is 9.81. The maximum Gasteiger partial charge on any atom is 0.397 e. The molecule has 4 aliphatic rings. The van der Waals surface area contributed by atoms with Crippen molar-refractivity contribution in [3.05, 3.63) is 34.9 Å². The van der Waals surface area contributed by atoms with E-state index >= 15 is 0 Å². The topological polar surface area (TPSA) is 124 Å². The van der Waals surface area contributed by atoms with Gasteiger partial charge in [0.1, 0.15) is 12.2 Å². The zero-order valence-electron chi connectivity index (χ0n) is 24.1. The van der Waals surface area contributed by atoms with Crippen molar-refractivity contribution in [3.63, 3.8) is 0 Å².